The molecule has 1 amide bonds. The number of anilines is 1. The molecule has 0 aliphatic carbocycles. The Morgan fingerprint density at radius 2 is 2.29 bits per heavy atom. The monoisotopic (exact) mass is 310 g/mol. The lowest BCUT2D eigenvalue weighted by molar-refractivity contribution is -0.132. The molecule has 116 valence electrons. The highest BCUT2D eigenvalue weighted by Gasteiger charge is 2.25. The van der Waals surface area contributed by atoms with Crippen LogP contribution >= 0.6 is 11.3 Å². The van der Waals surface area contributed by atoms with Crippen LogP contribution in [0.3, 0.4) is 0 Å². The van der Waals surface area contributed by atoms with Gasteiger partial charge in [0.2, 0.25) is 5.91 Å². The lowest BCUT2D eigenvalue weighted by atomic mass is 10.1. The van der Waals surface area contributed by atoms with Gasteiger partial charge in [0.25, 0.3) is 0 Å². The lowest BCUT2D eigenvalue weighted by Gasteiger charge is -2.35. The second kappa shape index (κ2) is 6.72. The molecule has 7 heteroatoms. The van der Waals surface area contributed by atoms with Gasteiger partial charge in [-0.15, -0.1) is 11.3 Å². The predicted molar refractivity (Wildman–Crippen MR) is 82.9 cm³/mol. The first-order valence-corrected chi connectivity index (χ1v) is 8.36. The molecule has 6 nitrogen and oxygen atoms in total. The third-order valence-electron chi connectivity index (χ3n) is 3.93. The maximum absolute atomic E-state index is 12.3. The molecule has 2 fully saturated rings. The molecule has 0 aromatic carbocycles. The van der Waals surface area contributed by atoms with E-state index < -0.39 is 0 Å². The van der Waals surface area contributed by atoms with Gasteiger partial charge in [0.1, 0.15) is 0 Å². The normalized spacial score (nSPS) is 23.4. The van der Waals surface area contributed by atoms with Gasteiger partial charge in [0.05, 0.1) is 18.9 Å². The van der Waals surface area contributed by atoms with Crippen molar-refractivity contribution < 1.29 is 9.53 Å². The van der Waals surface area contributed by atoms with Crippen molar-refractivity contribution in [2.45, 2.75) is 19.4 Å². The number of rotatable bonds is 3. The molecule has 0 radical (unpaired) electrons. The van der Waals surface area contributed by atoms with Crippen LogP contribution in [-0.4, -0.2) is 67.8 Å². The van der Waals surface area contributed by atoms with E-state index in [1.807, 2.05) is 11.8 Å². The van der Waals surface area contributed by atoms with Crippen LogP contribution < -0.4 is 10.2 Å². The smallest absolute Gasteiger partial charge is 0.224 e. The number of morpholine rings is 1. The van der Waals surface area contributed by atoms with Gasteiger partial charge in [-0.25, -0.2) is 4.98 Å². The van der Waals surface area contributed by atoms with Crippen molar-refractivity contribution in [2.24, 2.45) is 0 Å². The summed E-state index contributed by atoms with van der Waals surface area (Å²) in [6.45, 7) is 7.55. The van der Waals surface area contributed by atoms with Gasteiger partial charge in [0.15, 0.2) is 5.13 Å². The Kier molecular flexibility index (Phi) is 4.72. The lowest BCUT2D eigenvalue weighted by Crippen LogP contribution is -2.51. The molecule has 3 rings (SSSR count). The molecule has 2 saturated heterocycles. The fraction of sp³-hybridized carbons (Fsp3) is 0.714. The van der Waals surface area contributed by atoms with E-state index in [0.717, 1.165) is 50.2 Å². The molecule has 2 aliphatic heterocycles. The van der Waals surface area contributed by atoms with Crippen LogP contribution in [0, 0.1) is 6.92 Å². The SMILES string of the molecule is Cc1csc(N2CCN(C(=O)CC3COCCN3)CC2)n1. The van der Waals surface area contributed by atoms with Gasteiger partial charge in [-0.2, -0.15) is 0 Å². The van der Waals surface area contributed by atoms with Gasteiger partial charge in [-0.3, -0.25) is 4.79 Å². The summed E-state index contributed by atoms with van der Waals surface area (Å²) < 4.78 is 5.40. The van der Waals surface area contributed by atoms with Crippen LogP contribution in [0.4, 0.5) is 5.13 Å². The number of nitrogens with zero attached hydrogens (tertiary/aromatic N) is 3. The van der Waals surface area contributed by atoms with E-state index in [1.165, 1.54) is 0 Å². The number of carbonyl (C=O) groups excluding carboxylic acids is 1. The summed E-state index contributed by atoms with van der Waals surface area (Å²) in [5.74, 6) is 0.230. The summed E-state index contributed by atoms with van der Waals surface area (Å²) in [6, 6.07) is 0.172. The average molecular weight is 310 g/mol. The molecule has 1 aromatic heterocycles. The van der Waals surface area contributed by atoms with E-state index in [9.17, 15) is 4.79 Å². The van der Waals surface area contributed by atoms with Crippen LogP contribution in [0.25, 0.3) is 0 Å². The van der Waals surface area contributed by atoms with Crippen LogP contribution in [0.2, 0.25) is 0 Å². The van der Waals surface area contributed by atoms with Gasteiger partial charge < -0.3 is 19.9 Å². The number of ether oxygens (including phenoxy) is 1. The minimum absolute atomic E-state index is 0.172. The zero-order valence-electron chi connectivity index (χ0n) is 12.4. The van der Waals surface area contributed by atoms with Crippen molar-refractivity contribution in [1.82, 2.24) is 15.2 Å². The van der Waals surface area contributed by atoms with Gasteiger partial charge in [-0.05, 0) is 6.92 Å². The Morgan fingerprint density at radius 1 is 1.48 bits per heavy atom. The van der Waals surface area contributed by atoms with Crippen molar-refractivity contribution in [2.75, 3.05) is 50.8 Å². The van der Waals surface area contributed by atoms with Crippen molar-refractivity contribution >= 4 is 22.4 Å². The molecular weight excluding hydrogens is 288 g/mol. The summed E-state index contributed by atoms with van der Waals surface area (Å²) in [4.78, 5) is 21.1. The first-order chi connectivity index (χ1) is 10.2. The second-order valence-corrected chi connectivity index (χ2v) is 6.41. The minimum atomic E-state index is 0.172. The highest BCUT2D eigenvalue weighted by atomic mass is 32.1. The van der Waals surface area contributed by atoms with E-state index in [1.54, 1.807) is 11.3 Å². The van der Waals surface area contributed by atoms with Crippen LogP contribution in [0.15, 0.2) is 5.38 Å². The van der Waals surface area contributed by atoms with Crippen molar-refractivity contribution in [3.63, 3.8) is 0 Å². The van der Waals surface area contributed by atoms with Crippen molar-refractivity contribution in [3.05, 3.63) is 11.1 Å². The maximum Gasteiger partial charge on any atom is 0.224 e. The molecule has 1 atom stereocenters. The van der Waals surface area contributed by atoms with E-state index in [-0.39, 0.29) is 11.9 Å². The van der Waals surface area contributed by atoms with Crippen LogP contribution in [0.5, 0.6) is 0 Å². The molecule has 0 bridgehead atoms. The van der Waals surface area contributed by atoms with E-state index in [0.29, 0.717) is 13.0 Å². The molecule has 2 aliphatic rings. The molecule has 21 heavy (non-hydrogen) atoms. The molecular formula is C14H22N4O2S. The number of hydrogen-bond acceptors (Lipinski definition) is 6. The number of nitrogens with one attached hydrogen (secondary N) is 1. The topological polar surface area (TPSA) is 57.7 Å². The molecule has 1 aromatic rings. The number of thiazole rings is 1. The van der Waals surface area contributed by atoms with Crippen LogP contribution in [-0.2, 0) is 9.53 Å². The number of aromatic nitrogens is 1. The number of aryl methyl sites for hydroxylation is 1. The maximum atomic E-state index is 12.3. The summed E-state index contributed by atoms with van der Waals surface area (Å²) in [6.07, 6.45) is 0.538. The molecule has 0 spiro atoms. The Bertz CT molecular complexity index is 479. The third kappa shape index (κ3) is 3.72. The highest BCUT2D eigenvalue weighted by Crippen LogP contribution is 2.21. The first-order valence-electron chi connectivity index (χ1n) is 7.48. The largest absolute Gasteiger partial charge is 0.378 e. The minimum Gasteiger partial charge on any atom is -0.378 e. The molecule has 1 N–H and O–H groups in total. The molecule has 0 saturated carbocycles. The third-order valence-corrected chi connectivity index (χ3v) is 4.95. The Labute approximate surface area is 129 Å². The highest BCUT2D eigenvalue weighted by molar-refractivity contribution is 7.13. The number of amides is 1. The predicted octanol–water partition coefficient (Wildman–Crippen LogP) is 0.479. The molecule has 1 unspecified atom stereocenters. The average Bonchev–Trinajstić information content (AvgIpc) is 2.95. The summed E-state index contributed by atoms with van der Waals surface area (Å²) in [7, 11) is 0. The number of carbonyl (C=O) groups is 1. The van der Waals surface area contributed by atoms with Gasteiger partial charge in [-0.1, -0.05) is 0 Å². The van der Waals surface area contributed by atoms with E-state index in [4.69, 9.17) is 4.74 Å². The Hall–Kier alpha value is -1.18. The van der Waals surface area contributed by atoms with Gasteiger partial charge >= 0.3 is 0 Å². The summed E-state index contributed by atoms with van der Waals surface area (Å²) in [5, 5.41) is 6.48. The standard InChI is InChI=1S/C14H22N4O2S/c1-11-10-21-14(16-11)18-5-3-17(4-6-18)13(19)8-12-9-20-7-2-15-12/h10,12,15H,2-9H2,1H3. The Balaban J connectivity index is 1.47. The number of piperazine rings is 1. The Morgan fingerprint density at radius 3 is 2.90 bits per heavy atom. The molecule has 3 heterocycles. The number of hydrogen-bond donors (Lipinski definition) is 1. The van der Waals surface area contributed by atoms with Crippen molar-refractivity contribution in [1.29, 1.82) is 0 Å². The van der Waals surface area contributed by atoms with Crippen molar-refractivity contribution in [3.8, 4) is 0 Å². The van der Waals surface area contributed by atoms with Gasteiger partial charge in [0, 0.05) is 50.6 Å². The fourth-order valence-corrected chi connectivity index (χ4v) is 3.58. The summed E-state index contributed by atoms with van der Waals surface area (Å²) in [5.41, 5.74) is 1.07. The van der Waals surface area contributed by atoms with E-state index in [2.05, 4.69) is 20.6 Å². The zero-order valence-corrected chi connectivity index (χ0v) is 13.2. The summed E-state index contributed by atoms with van der Waals surface area (Å²) >= 11 is 1.68. The fourth-order valence-electron chi connectivity index (χ4n) is 2.72. The quantitative estimate of drug-likeness (QED) is 0.880. The second-order valence-electron chi connectivity index (χ2n) is 5.57. The first kappa shape index (κ1) is 14.7. The zero-order chi connectivity index (χ0) is 14.7. The van der Waals surface area contributed by atoms with Crippen LogP contribution in [0.1, 0.15) is 12.1 Å². The van der Waals surface area contributed by atoms with E-state index >= 15 is 0 Å².